The Balaban J connectivity index is 3.22. The number of nitrogens with zero attached hydrogens (tertiary/aromatic N) is 1. The van der Waals surface area contributed by atoms with Gasteiger partial charge in [0.25, 0.3) is 10.0 Å². The van der Waals surface area contributed by atoms with Gasteiger partial charge in [0.2, 0.25) is 0 Å². The van der Waals surface area contributed by atoms with E-state index in [2.05, 4.69) is 3.77 Å². The molecule has 1 atom stereocenters. The standard InChI is InChI=1S/C13H20ClNO2S2/c1-5-10-18(13(2,3)4)15-19(16,17)12-8-6-11(14)7-9-12/h6-9H,5,10H2,1-4H3. The fourth-order valence-corrected chi connectivity index (χ4v) is 5.51. The van der Waals surface area contributed by atoms with Gasteiger partial charge in [0, 0.05) is 15.5 Å². The molecule has 1 aromatic rings. The molecule has 0 amide bonds. The minimum Gasteiger partial charge on any atom is -0.199 e. The SMILES string of the molecule is CCCS(=NS(=O)(=O)c1ccc(Cl)cc1)C(C)(C)C. The quantitative estimate of drug-likeness (QED) is 0.840. The summed E-state index contributed by atoms with van der Waals surface area (Å²) >= 11 is 5.77. The fourth-order valence-electron chi connectivity index (χ4n) is 1.42. The van der Waals surface area contributed by atoms with Gasteiger partial charge in [0.1, 0.15) is 0 Å². The van der Waals surface area contributed by atoms with E-state index in [9.17, 15) is 8.42 Å². The smallest absolute Gasteiger partial charge is 0.199 e. The number of hydrogen-bond acceptors (Lipinski definition) is 2. The lowest BCUT2D eigenvalue weighted by molar-refractivity contribution is 0.598. The first-order valence-corrected chi connectivity index (χ1v) is 9.28. The molecule has 3 nitrogen and oxygen atoms in total. The van der Waals surface area contributed by atoms with Crippen LogP contribution >= 0.6 is 11.6 Å². The zero-order chi connectivity index (χ0) is 14.7. The molecule has 1 aromatic carbocycles. The van der Waals surface area contributed by atoms with Crippen LogP contribution in [0.25, 0.3) is 0 Å². The maximum Gasteiger partial charge on any atom is 0.287 e. The van der Waals surface area contributed by atoms with Gasteiger partial charge < -0.3 is 0 Å². The summed E-state index contributed by atoms with van der Waals surface area (Å²) in [6.45, 7) is 8.10. The first kappa shape index (κ1) is 16.7. The maximum absolute atomic E-state index is 12.3. The van der Waals surface area contributed by atoms with E-state index in [4.69, 9.17) is 11.6 Å². The van der Waals surface area contributed by atoms with Crippen molar-refractivity contribution in [2.45, 2.75) is 43.8 Å². The monoisotopic (exact) mass is 321 g/mol. The number of halogens is 1. The van der Waals surface area contributed by atoms with E-state index in [1.165, 1.54) is 12.1 Å². The zero-order valence-corrected chi connectivity index (χ0v) is 14.1. The third-order valence-corrected chi connectivity index (χ3v) is 7.24. The van der Waals surface area contributed by atoms with Crippen LogP contribution in [-0.4, -0.2) is 18.9 Å². The molecule has 0 spiro atoms. The van der Waals surface area contributed by atoms with Crippen molar-refractivity contribution in [3.05, 3.63) is 29.3 Å². The molecule has 0 fully saturated rings. The molecular formula is C13H20ClNO2S2. The Kier molecular flexibility index (Phi) is 5.59. The number of sulfonamides is 1. The Bertz CT molecular complexity index is 557. The van der Waals surface area contributed by atoms with Gasteiger partial charge in [-0.2, -0.15) is 8.42 Å². The molecule has 0 radical (unpaired) electrons. The van der Waals surface area contributed by atoms with Crippen LogP contribution in [0.3, 0.4) is 0 Å². The number of hydrogen-bond donors (Lipinski definition) is 0. The molecule has 19 heavy (non-hydrogen) atoms. The molecule has 0 saturated carbocycles. The summed E-state index contributed by atoms with van der Waals surface area (Å²) in [6, 6.07) is 6.13. The van der Waals surface area contributed by atoms with E-state index in [0.717, 1.165) is 12.2 Å². The van der Waals surface area contributed by atoms with Crippen molar-refractivity contribution in [1.82, 2.24) is 0 Å². The molecule has 1 unspecified atom stereocenters. The van der Waals surface area contributed by atoms with Crippen LogP contribution in [-0.2, 0) is 20.7 Å². The summed E-state index contributed by atoms with van der Waals surface area (Å²) in [5.41, 5.74) is 0. The summed E-state index contributed by atoms with van der Waals surface area (Å²) in [5.74, 6) is 0.788. The van der Waals surface area contributed by atoms with Crippen molar-refractivity contribution in [3.8, 4) is 0 Å². The van der Waals surface area contributed by atoms with Gasteiger partial charge in [-0.1, -0.05) is 50.0 Å². The molecular weight excluding hydrogens is 302 g/mol. The van der Waals surface area contributed by atoms with Crippen molar-refractivity contribution in [2.24, 2.45) is 3.77 Å². The molecule has 0 bridgehead atoms. The van der Waals surface area contributed by atoms with E-state index in [1.807, 2.05) is 27.7 Å². The van der Waals surface area contributed by atoms with Gasteiger partial charge >= 0.3 is 0 Å². The average molecular weight is 322 g/mol. The largest absolute Gasteiger partial charge is 0.287 e. The highest BCUT2D eigenvalue weighted by molar-refractivity contribution is 8.00. The highest BCUT2D eigenvalue weighted by Gasteiger charge is 2.21. The molecule has 0 heterocycles. The van der Waals surface area contributed by atoms with Crippen LogP contribution < -0.4 is 0 Å². The van der Waals surface area contributed by atoms with Gasteiger partial charge in [-0.15, -0.1) is 3.77 Å². The molecule has 0 saturated heterocycles. The molecule has 0 N–H and O–H groups in total. The second-order valence-corrected chi connectivity index (χ2v) is 10.0. The zero-order valence-electron chi connectivity index (χ0n) is 11.7. The first-order valence-electron chi connectivity index (χ1n) is 6.11. The summed E-state index contributed by atoms with van der Waals surface area (Å²) in [5, 5.41) is 0.516. The third kappa shape index (κ3) is 4.89. The van der Waals surface area contributed by atoms with Gasteiger partial charge in [-0.3, -0.25) is 0 Å². The van der Waals surface area contributed by atoms with Gasteiger partial charge in [0.05, 0.1) is 4.90 Å². The summed E-state index contributed by atoms with van der Waals surface area (Å²) in [4.78, 5) is 0.203. The Morgan fingerprint density at radius 1 is 1.21 bits per heavy atom. The van der Waals surface area contributed by atoms with Crippen molar-refractivity contribution in [2.75, 3.05) is 5.75 Å². The van der Waals surface area contributed by atoms with Gasteiger partial charge in [-0.05, 0) is 30.7 Å². The molecule has 0 aliphatic carbocycles. The van der Waals surface area contributed by atoms with E-state index < -0.39 is 20.7 Å². The van der Waals surface area contributed by atoms with E-state index in [1.54, 1.807) is 12.1 Å². The van der Waals surface area contributed by atoms with Crippen LogP contribution in [0.1, 0.15) is 34.1 Å². The lowest BCUT2D eigenvalue weighted by Gasteiger charge is -2.22. The second kappa shape index (κ2) is 6.37. The minimum atomic E-state index is -3.60. The third-order valence-electron chi connectivity index (χ3n) is 2.40. The lowest BCUT2D eigenvalue weighted by Crippen LogP contribution is -2.24. The molecule has 1 rings (SSSR count). The highest BCUT2D eigenvalue weighted by atomic mass is 35.5. The van der Waals surface area contributed by atoms with Gasteiger partial charge in [0.15, 0.2) is 0 Å². The summed E-state index contributed by atoms with van der Waals surface area (Å²) < 4.78 is 28.5. The predicted molar refractivity (Wildman–Crippen MR) is 83.3 cm³/mol. The summed E-state index contributed by atoms with van der Waals surface area (Å²) in [7, 11) is -4.12. The normalized spacial score (nSPS) is 14.6. The van der Waals surface area contributed by atoms with Crippen molar-refractivity contribution < 1.29 is 8.42 Å². The minimum absolute atomic E-state index is 0.143. The predicted octanol–water partition coefficient (Wildman–Crippen LogP) is 4.04. The van der Waals surface area contributed by atoms with E-state index in [0.29, 0.717) is 5.02 Å². The van der Waals surface area contributed by atoms with E-state index >= 15 is 0 Å². The molecule has 0 aliphatic rings. The Labute approximate surface area is 123 Å². The molecule has 0 aromatic heterocycles. The van der Waals surface area contributed by atoms with Crippen LogP contribution in [0.5, 0.6) is 0 Å². The Hall–Kier alpha value is -0.390. The Morgan fingerprint density at radius 3 is 2.16 bits per heavy atom. The fraction of sp³-hybridized carbons (Fsp3) is 0.538. The van der Waals surface area contributed by atoms with E-state index in [-0.39, 0.29) is 9.64 Å². The molecule has 6 heteroatoms. The highest BCUT2D eigenvalue weighted by Crippen LogP contribution is 2.21. The number of rotatable bonds is 4. The van der Waals surface area contributed by atoms with Gasteiger partial charge in [-0.25, -0.2) is 0 Å². The van der Waals surface area contributed by atoms with Crippen molar-refractivity contribution in [3.63, 3.8) is 0 Å². The number of benzene rings is 1. The molecule has 0 aliphatic heterocycles. The van der Waals surface area contributed by atoms with Crippen molar-refractivity contribution >= 4 is 32.3 Å². The van der Waals surface area contributed by atoms with Crippen LogP contribution in [0.4, 0.5) is 0 Å². The van der Waals surface area contributed by atoms with Crippen molar-refractivity contribution in [1.29, 1.82) is 0 Å². The lowest BCUT2D eigenvalue weighted by atomic mass is 10.3. The average Bonchev–Trinajstić information content (AvgIpc) is 2.27. The summed E-state index contributed by atoms with van der Waals surface area (Å²) in [6.07, 6.45) is 0.917. The second-order valence-electron chi connectivity index (χ2n) is 5.18. The van der Waals surface area contributed by atoms with Crippen LogP contribution in [0.15, 0.2) is 32.9 Å². The first-order chi connectivity index (χ1) is 8.66. The topological polar surface area (TPSA) is 46.5 Å². The molecule has 108 valence electrons. The maximum atomic E-state index is 12.3. The Morgan fingerprint density at radius 2 is 1.74 bits per heavy atom. The van der Waals surface area contributed by atoms with Crippen LogP contribution in [0, 0.1) is 0 Å². The van der Waals surface area contributed by atoms with Crippen LogP contribution in [0.2, 0.25) is 5.02 Å².